The molecule has 126 valence electrons. The molecule has 2 aromatic carbocycles. The first-order valence-corrected chi connectivity index (χ1v) is 7.05. The number of amides is 1. The summed E-state index contributed by atoms with van der Waals surface area (Å²) in [6.45, 7) is 3.38. The first-order valence-electron chi connectivity index (χ1n) is 7.05. The van der Waals surface area contributed by atoms with Gasteiger partial charge in [0.25, 0.3) is 5.91 Å². The molecule has 0 atom stereocenters. The molecule has 2 aromatic rings. The summed E-state index contributed by atoms with van der Waals surface area (Å²) >= 11 is 0. The minimum Gasteiger partial charge on any atom is -0.459 e. The summed E-state index contributed by atoms with van der Waals surface area (Å²) in [5.41, 5.74) is -0.279. The fraction of sp³-hybridized carbons (Fsp3) is 0.176. The van der Waals surface area contributed by atoms with Crippen LogP contribution in [0.1, 0.15) is 34.6 Å². The average molecular weight is 337 g/mol. The van der Waals surface area contributed by atoms with Gasteiger partial charge in [0.05, 0.1) is 17.2 Å². The van der Waals surface area contributed by atoms with Gasteiger partial charge in [-0.1, -0.05) is 6.07 Å². The van der Waals surface area contributed by atoms with Gasteiger partial charge in [0, 0.05) is 5.69 Å². The van der Waals surface area contributed by atoms with Crippen molar-refractivity contribution in [3.05, 3.63) is 65.0 Å². The maximum Gasteiger partial charge on any atom is 0.338 e. The van der Waals surface area contributed by atoms with Crippen LogP contribution in [-0.2, 0) is 4.74 Å². The molecule has 0 aliphatic carbocycles. The van der Waals surface area contributed by atoms with Crippen molar-refractivity contribution in [2.45, 2.75) is 20.0 Å². The van der Waals surface area contributed by atoms with Crippen molar-refractivity contribution in [3.8, 4) is 0 Å². The largest absolute Gasteiger partial charge is 0.459 e. The van der Waals surface area contributed by atoms with E-state index in [2.05, 4.69) is 5.32 Å². The Kier molecular flexibility index (Phi) is 5.23. The van der Waals surface area contributed by atoms with E-state index in [1.54, 1.807) is 13.8 Å². The van der Waals surface area contributed by atoms with Crippen molar-refractivity contribution in [2.24, 2.45) is 0 Å². The van der Waals surface area contributed by atoms with Gasteiger partial charge in [-0.2, -0.15) is 0 Å². The fourth-order valence-electron chi connectivity index (χ4n) is 1.91. The smallest absolute Gasteiger partial charge is 0.338 e. The number of benzene rings is 2. The van der Waals surface area contributed by atoms with E-state index < -0.39 is 34.9 Å². The predicted octanol–water partition coefficient (Wildman–Crippen LogP) is 3.92. The number of nitrogens with one attached hydrogen (secondary N) is 1. The van der Waals surface area contributed by atoms with Gasteiger partial charge in [-0.15, -0.1) is 0 Å². The number of esters is 1. The molecule has 0 fully saturated rings. The normalized spacial score (nSPS) is 10.6. The molecule has 0 aliphatic rings. The summed E-state index contributed by atoms with van der Waals surface area (Å²) in [4.78, 5) is 23.8. The molecule has 7 heteroatoms. The minimum absolute atomic E-state index is 0.183. The number of hydrogen-bond acceptors (Lipinski definition) is 3. The Labute approximate surface area is 136 Å². The lowest BCUT2D eigenvalue weighted by molar-refractivity contribution is 0.0377. The molecule has 1 N–H and O–H groups in total. The standard InChI is InChI=1S/C17H14F3NO3/c1-9(2)24-17(23)10-4-3-5-11(8-10)21-16(22)12-6-7-13(18)15(20)14(12)19/h3-9H,1-2H3,(H,21,22). The number of rotatable bonds is 4. The Morgan fingerprint density at radius 1 is 1.04 bits per heavy atom. The highest BCUT2D eigenvalue weighted by molar-refractivity contribution is 6.05. The molecular formula is C17H14F3NO3. The third-order valence-corrected chi connectivity index (χ3v) is 2.98. The lowest BCUT2D eigenvalue weighted by Crippen LogP contribution is -2.16. The summed E-state index contributed by atoms with van der Waals surface area (Å²) in [5.74, 6) is -6.25. The highest BCUT2D eigenvalue weighted by Crippen LogP contribution is 2.18. The number of carbonyl (C=O) groups is 2. The Hall–Kier alpha value is -2.83. The van der Waals surface area contributed by atoms with Crippen molar-refractivity contribution in [2.75, 3.05) is 5.32 Å². The molecule has 0 saturated heterocycles. The van der Waals surface area contributed by atoms with Crippen LogP contribution in [0.15, 0.2) is 36.4 Å². The summed E-state index contributed by atoms with van der Waals surface area (Å²) in [7, 11) is 0. The number of halogens is 3. The lowest BCUT2D eigenvalue weighted by Gasteiger charge is -2.10. The van der Waals surface area contributed by atoms with E-state index in [0.29, 0.717) is 6.07 Å². The zero-order valence-electron chi connectivity index (χ0n) is 12.9. The summed E-state index contributed by atoms with van der Waals surface area (Å²) in [6, 6.07) is 7.26. The quantitative estimate of drug-likeness (QED) is 0.679. The molecule has 2 rings (SSSR count). The first-order chi connectivity index (χ1) is 11.3. The number of ether oxygens (including phenoxy) is 1. The van der Waals surface area contributed by atoms with Crippen LogP contribution in [0.5, 0.6) is 0 Å². The van der Waals surface area contributed by atoms with Crippen LogP contribution in [0.4, 0.5) is 18.9 Å². The van der Waals surface area contributed by atoms with Gasteiger partial charge in [-0.3, -0.25) is 4.79 Å². The van der Waals surface area contributed by atoms with Crippen LogP contribution < -0.4 is 5.32 Å². The maximum atomic E-state index is 13.6. The predicted molar refractivity (Wildman–Crippen MR) is 81.3 cm³/mol. The van der Waals surface area contributed by atoms with Gasteiger partial charge in [-0.25, -0.2) is 18.0 Å². The van der Waals surface area contributed by atoms with E-state index in [0.717, 1.165) is 6.07 Å². The van der Waals surface area contributed by atoms with Crippen LogP contribution in [0.2, 0.25) is 0 Å². The Balaban J connectivity index is 2.21. The van der Waals surface area contributed by atoms with Gasteiger partial charge in [0.15, 0.2) is 17.5 Å². The van der Waals surface area contributed by atoms with Gasteiger partial charge in [-0.05, 0) is 44.2 Å². The zero-order chi connectivity index (χ0) is 17.9. The molecule has 0 unspecified atom stereocenters. The van der Waals surface area contributed by atoms with Crippen molar-refractivity contribution in [1.82, 2.24) is 0 Å². The number of hydrogen-bond donors (Lipinski definition) is 1. The van der Waals surface area contributed by atoms with Crippen LogP contribution in [-0.4, -0.2) is 18.0 Å². The third kappa shape index (κ3) is 3.92. The molecule has 0 aliphatic heterocycles. The lowest BCUT2D eigenvalue weighted by atomic mass is 10.1. The van der Waals surface area contributed by atoms with Gasteiger partial charge < -0.3 is 10.1 Å². The molecule has 1 amide bonds. The first kappa shape index (κ1) is 17.5. The Morgan fingerprint density at radius 2 is 1.75 bits per heavy atom. The third-order valence-electron chi connectivity index (χ3n) is 2.98. The second-order valence-electron chi connectivity index (χ2n) is 5.21. The second kappa shape index (κ2) is 7.16. The van der Waals surface area contributed by atoms with E-state index in [9.17, 15) is 22.8 Å². The minimum atomic E-state index is -1.73. The number of anilines is 1. The molecule has 0 radical (unpaired) electrons. The topological polar surface area (TPSA) is 55.4 Å². The van der Waals surface area contributed by atoms with Crippen LogP contribution >= 0.6 is 0 Å². The van der Waals surface area contributed by atoms with Gasteiger partial charge >= 0.3 is 5.97 Å². The summed E-state index contributed by atoms with van der Waals surface area (Å²) in [5, 5.41) is 2.32. The molecule has 4 nitrogen and oxygen atoms in total. The highest BCUT2D eigenvalue weighted by atomic mass is 19.2. The molecule has 24 heavy (non-hydrogen) atoms. The average Bonchev–Trinajstić information content (AvgIpc) is 2.52. The van der Waals surface area contributed by atoms with E-state index in [4.69, 9.17) is 4.74 Å². The number of carbonyl (C=O) groups excluding carboxylic acids is 2. The van der Waals surface area contributed by atoms with Crippen molar-refractivity contribution >= 4 is 17.6 Å². The van der Waals surface area contributed by atoms with Crippen LogP contribution in [0.3, 0.4) is 0 Å². The van der Waals surface area contributed by atoms with Crippen molar-refractivity contribution in [1.29, 1.82) is 0 Å². The van der Waals surface area contributed by atoms with E-state index in [1.807, 2.05) is 0 Å². The highest BCUT2D eigenvalue weighted by Gasteiger charge is 2.19. The van der Waals surface area contributed by atoms with E-state index >= 15 is 0 Å². The maximum absolute atomic E-state index is 13.6. The van der Waals surface area contributed by atoms with E-state index in [-0.39, 0.29) is 17.4 Å². The Bertz CT molecular complexity index is 791. The summed E-state index contributed by atoms with van der Waals surface area (Å²) in [6.07, 6.45) is -0.313. The second-order valence-corrected chi connectivity index (χ2v) is 5.21. The van der Waals surface area contributed by atoms with Crippen molar-refractivity contribution < 1.29 is 27.5 Å². The fourth-order valence-corrected chi connectivity index (χ4v) is 1.91. The molecule has 0 bridgehead atoms. The SMILES string of the molecule is CC(C)OC(=O)c1cccc(NC(=O)c2ccc(F)c(F)c2F)c1. The van der Waals surface area contributed by atoms with E-state index in [1.165, 1.54) is 24.3 Å². The molecule has 0 saturated carbocycles. The van der Waals surface area contributed by atoms with Gasteiger partial charge in [0.1, 0.15) is 0 Å². The molecule has 0 spiro atoms. The van der Waals surface area contributed by atoms with Crippen LogP contribution in [0.25, 0.3) is 0 Å². The zero-order valence-corrected chi connectivity index (χ0v) is 12.9. The monoisotopic (exact) mass is 337 g/mol. The molecular weight excluding hydrogens is 323 g/mol. The van der Waals surface area contributed by atoms with Gasteiger partial charge in [0.2, 0.25) is 0 Å². The van der Waals surface area contributed by atoms with Crippen molar-refractivity contribution in [3.63, 3.8) is 0 Å². The molecule has 0 aromatic heterocycles. The van der Waals surface area contributed by atoms with Crippen LogP contribution in [0, 0.1) is 17.5 Å². The summed E-state index contributed by atoms with van der Waals surface area (Å²) < 4.78 is 44.7. The molecule has 0 heterocycles. The Morgan fingerprint density at radius 3 is 2.42 bits per heavy atom.